The number of nitriles is 1. The van der Waals surface area contributed by atoms with Gasteiger partial charge in [0.1, 0.15) is 11.9 Å². The van der Waals surface area contributed by atoms with Crippen LogP contribution in [0.4, 0.5) is 14.6 Å². The normalized spacial score (nSPS) is 12.2. The second-order valence-electron chi connectivity index (χ2n) is 6.14. The van der Waals surface area contributed by atoms with E-state index in [-0.39, 0.29) is 4.90 Å². The minimum Gasteiger partial charge on any atom is -0.359 e. The molecule has 28 heavy (non-hydrogen) atoms. The van der Waals surface area contributed by atoms with E-state index in [1.54, 1.807) is 24.3 Å². The predicted octanol–water partition coefficient (Wildman–Crippen LogP) is 3.84. The van der Waals surface area contributed by atoms with Gasteiger partial charge < -0.3 is 5.32 Å². The Labute approximate surface area is 161 Å². The molecule has 0 amide bonds. The number of benzene rings is 2. The van der Waals surface area contributed by atoms with E-state index in [1.807, 2.05) is 6.07 Å². The number of rotatable bonds is 5. The van der Waals surface area contributed by atoms with Crippen LogP contribution in [0, 0.1) is 23.0 Å². The Morgan fingerprint density at radius 2 is 1.79 bits per heavy atom. The van der Waals surface area contributed by atoms with Crippen molar-refractivity contribution in [2.45, 2.75) is 10.9 Å². The highest BCUT2D eigenvalue weighted by atomic mass is 32.2. The van der Waals surface area contributed by atoms with Gasteiger partial charge in [0.15, 0.2) is 21.5 Å². The van der Waals surface area contributed by atoms with Gasteiger partial charge in [-0.2, -0.15) is 5.26 Å². The molecule has 1 atom stereocenters. The summed E-state index contributed by atoms with van der Waals surface area (Å²) in [5.74, 6) is -1.61. The zero-order chi connectivity index (χ0) is 20.3. The predicted molar refractivity (Wildman–Crippen MR) is 100 cm³/mol. The van der Waals surface area contributed by atoms with Crippen LogP contribution in [0.15, 0.2) is 65.7 Å². The summed E-state index contributed by atoms with van der Waals surface area (Å²) < 4.78 is 51.0. The number of sulfone groups is 1. The monoisotopic (exact) mass is 399 g/mol. The topological polar surface area (TPSA) is 82.9 Å². The number of pyridine rings is 1. The van der Waals surface area contributed by atoms with Gasteiger partial charge >= 0.3 is 0 Å². The third-order valence-electron chi connectivity index (χ3n) is 4.08. The fourth-order valence-electron chi connectivity index (χ4n) is 2.67. The number of nitrogens with zero attached hydrogens (tertiary/aromatic N) is 2. The van der Waals surface area contributed by atoms with Gasteiger partial charge in [0.25, 0.3) is 0 Å². The fourth-order valence-corrected chi connectivity index (χ4v) is 3.34. The minimum absolute atomic E-state index is 0.104. The van der Waals surface area contributed by atoms with Crippen LogP contribution in [-0.2, 0) is 9.84 Å². The fraction of sp³-hybridized carbons (Fsp3) is 0.100. The van der Waals surface area contributed by atoms with E-state index in [1.165, 1.54) is 24.4 Å². The average Bonchev–Trinajstić information content (AvgIpc) is 2.68. The summed E-state index contributed by atoms with van der Waals surface area (Å²) in [6.07, 6.45) is 2.46. The molecule has 0 fully saturated rings. The molecule has 0 bridgehead atoms. The van der Waals surface area contributed by atoms with Gasteiger partial charge in [-0.15, -0.1) is 0 Å². The van der Waals surface area contributed by atoms with Crippen LogP contribution < -0.4 is 5.32 Å². The third kappa shape index (κ3) is 4.32. The second-order valence-corrected chi connectivity index (χ2v) is 8.16. The zero-order valence-electron chi connectivity index (χ0n) is 14.7. The molecule has 142 valence electrons. The summed E-state index contributed by atoms with van der Waals surface area (Å²) in [5, 5.41) is 12.0. The lowest BCUT2D eigenvalue weighted by Crippen LogP contribution is -2.14. The molecule has 1 aromatic heterocycles. The Bertz CT molecular complexity index is 1160. The van der Waals surface area contributed by atoms with Crippen molar-refractivity contribution in [2.24, 2.45) is 0 Å². The number of anilines is 1. The van der Waals surface area contributed by atoms with Crippen molar-refractivity contribution in [3.05, 3.63) is 89.1 Å². The highest BCUT2D eigenvalue weighted by molar-refractivity contribution is 7.90. The number of hydrogen-bond donors (Lipinski definition) is 1. The first-order chi connectivity index (χ1) is 13.3. The van der Waals surface area contributed by atoms with Crippen LogP contribution in [0.2, 0.25) is 0 Å². The van der Waals surface area contributed by atoms with Crippen LogP contribution in [0.3, 0.4) is 0 Å². The Kier molecular flexibility index (Phi) is 5.38. The maximum absolute atomic E-state index is 13.8. The number of nitrogens with one attached hydrogen (secondary N) is 1. The number of halogens is 2. The summed E-state index contributed by atoms with van der Waals surface area (Å²) in [5.41, 5.74) is 1.28. The molecule has 0 radical (unpaired) electrons. The van der Waals surface area contributed by atoms with Crippen molar-refractivity contribution in [3.63, 3.8) is 0 Å². The van der Waals surface area contributed by atoms with E-state index in [9.17, 15) is 17.2 Å². The molecule has 1 heterocycles. The lowest BCUT2D eigenvalue weighted by molar-refractivity contribution is 0.506. The molecule has 1 unspecified atom stereocenters. The van der Waals surface area contributed by atoms with Gasteiger partial charge in [-0.3, -0.25) is 0 Å². The number of hydrogen-bond acceptors (Lipinski definition) is 5. The van der Waals surface area contributed by atoms with Gasteiger partial charge in [0.2, 0.25) is 0 Å². The van der Waals surface area contributed by atoms with Crippen molar-refractivity contribution in [2.75, 3.05) is 11.6 Å². The van der Waals surface area contributed by atoms with Gasteiger partial charge in [0.05, 0.1) is 16.5 Å². The molecule has 0 saturated heterocycles. The molecule has 8 heteroatoms. The van der Waals surface area contributed by atoms with E-state index in [0.717, 1.165) is 18.4 Å². The lowest BCUT2D eigenvalue weighted by atomic mass is 9.98. The Balaban J connectivity index is 2.08. The quantitative estimate of drug-likeness (QED) is 0.705. The summed E-state index contributed by atoms with van der Waals surface area (Å²) in [4.78, 5) is 4.24. The Morgan fingerprint density at radius 3 is 2.39 bits per heavy atom. The standard InChI is InChI=1S/C20H15F2N3O2S/c1-28(26,27)16-4-2-3-14(9-16)20(15-6-7-17(21)18(22)10-15)25-19-8-5-13(11-23)12-24-19/h2-10,12,20H,1H3,(H,24,25). The number of aromatic nitrogens is 1. The molecule has 0 saturated carbocycles. The molecule has 5 nitrogen and oxygen atoms in total. The highest BCUT2D eigenvalue weighted by Gasteiger charge is 2.19. The molecule has 2 aromatic carbocycles. The Morgan fingerprint density at radius 1 is 1.04 bits per heavy atom. The summed E-state index contributed by atoms with van der Waals surface area (Å²) in [6, 6.07) is 14.0. The van der Waals surface area contributed by atoms with Gasteiger partial charge in [-0.25, -0.2) is 22.2 Å². The Hall–Kier alpha value is -3.31. The van der Waals surface area contributed by atoms with E-state index >= 15 is 0 Å². The largest absolute Gasteiger partial charge is 0.359 e. The molecule has 0 aliphatic rings. The van der Waals surface area contributed by atoms with Crippen molar-refractivity contribution < 1.29 is 17.2 Å². The maximum Gasteiger partial charge on any atom is 0.175 e. The van der Waals surface area contributed by atoms with Crippen LogP contribution in [0.25, 0.3) is 0 Å². The SMILES string of the molecule is CS(=O)(=O)c1cccc(C(Nc2ccc(C#N)cn2)c2ccc(F)c(F)c2)c1. The maximum atomic E-state index is 13.8. The van der Waals surface area contributed by atoms with Crippen molar-refractivity contribution in [1.82, 2.24) is 4.98 Å². The highest BCUT2D eigenvalue weighted by Crippen LogP contribution is 2.28. The smallest absolute Gasteiger partial charge is 0.175 e. The minimum atomic E-state index is -3.45. The van der Waals surface area contributed by atoms with Gasteiger partial charge in [-0.05, 0) is 47.5 Å². The summed E-state index contributed by atoms with van der Waals surface area (Å²) >= 11 is 0. The van der Waals surface area contributed by atoms with E-state index < -0.39 is 27.5 Å². The summed E-state index contributed by atoms with van der Waals surface area (Å²) in [7, 11) is -3.45. The lowest BCUT2D eigenvalue weighted by Gasteiger charge is -2.21. The third-order valence-corrected chi connectivity index (χ3v) is 5.19. The second kappa shape index (κ2) is 7.74. The molecule has 0 aliphatic heterocycles. The molecule has 3 rings (SSSR count). The van der Waals surface area contributed by atoms with Crippen LogP contribution in [-0.4, -0.2) is 19.7 Å². The zero-order valence-corrected chi connectivity index (χ0v) is 15.5. The summed E-state index contributed by atoms with van der Waals surface area (Å²) in [6.45, 7) is 0. The van der Waals surface area contributed by atoms with Crippen LogP contribution in [0.1, 0.15) is 22.7 Å². The molecular weight excluding hydrogens is 384 g/mol. The first kappa shape index (κ1) is 19.5. The van der Waals surface area contributed by atoms with Crippen molar-refractivity contribution in [3.8, 4) is 6.07 Å². The van der Waals surface area contributed by atoms with E-state index in [0.29, 0.717) is 22.5 Å². The van der Waals surface area contributed by atoms with Crippen molar-refractivity contribution >= 4 is 15.7 Å². The average molecular weight is 399 g/mol. The van der Waals surface area contributed by atoms with Gasteiger partial charge in [-0.1, -0.05) is 18.2 Å². The van der Waals surface area contributed by atoms with Crippen LogP contribution in [0.5, 0.6) is 0 Å². The van der Waals surface area contributed by atoms with Gasteiger partial charge in [0, 0.05) is 12.5 Å². The molecule has 3 aromatic rings. The molecule has 0 aliphatic carbocycles. The van der Waals surface area contributed by atoms with E-state index in [4.69, 9.17) is 5.26 Å². The molecule has 1 N–H and O–H groups in total. The molecular formula is C20H15F2N3O2S. The first-order valence-electron chi connectivity index (χ1n) is 8.15. The first-order valence-corrected chi connectivity index (χ1v) is 10.0. The van der Waals surface area contributed by atoms with E-state index in [2.05, 4.69) is 10.3 Å². The molecule has 0 spiro atoms. The van der Waals surface area contributed by atoms with Crippen LogP contribution >= 0.6 is 0 Å². The van der Waals surface area contributed by atoms with Crippen molar-refractivity contribution in [1.29, 1.82) is 5.26 Å².